The molecule has 1 aliphatic rings. The minimum atomic E-state index is -4.81. The van der Waals surface area contributed by atoms with Crippen LogP contribution in [-0.4, -0.2) is 22.4 Å². The fraction of sp³-hybridized carbons (Fsp3) is 0.318. The first-order valence-electron chi connectivity index (χ1n) is 10.4. The van der Waals surface area contributed by atoms with E-state index in [4.69, 9.17) is 12.2 Å². The zero-order valence-electron chi connectivity index (χ0n) is 17.4. The van der Waals surface area contributed by atoms with Crippen LogP contribution in [0.5, 0.6) is 5.75 Å². The fourth-order valence-corrected chi connectivity index (χ4v) is 4.83. The lowest BCUT2D eigenvalue weighted by molar-refractivity contribution is -0.274. The van der Waals surface area contributed by atoms with Gasteiger partial charge in [-0.05, 0) is 55.4 Å². The third kappa shape index (κ3) is 6.32. The first kappa shape index (κ1) is 23.2. The van der Waals surface area contributed by atoms with Gasteiger partial charge in [-0.2, -0.15) is 0 Å². The molecule has 3 aromatic rings. The van der Waals surface area contributed by atoms with Crippen molar-refractivity contribution in [1.82, 2.24) is 4.98 Å². The first-order chi connectivity index (χ1) is 15.8. The van der Waals surface area contributed by atoms with E-state index in [2.05, 4.69) is 25.7 Å². The van der Waals surface area contributed by atoms with Crippen molar-refractivity contribution in [2.24, 2.45) is 5.92 Å². The van der Waals surface area contributed by atoms with Crippen molar-refractivity contribution >= 4 is 61.3 Å². The molecule has 33 heavy (non-hydrogen) atoms. The van der Waals surface area contributed by atoms with Crippen LogP contribution in [0.25, 0.3) is 10.2 Å². The lowest BCUT2D eigenvalue weighted by Crippen LogP contribution is -2.24. The number of carbonyl (C=O) groups excluding carboxylic acids is 1. The molecule has 0 bridgehead atoms. The van der Waals surface area contributed by atoms with E-state index in [1.165, 1.54) is 36.0 Å². The molecule has 4 rings (SSSR count). The number of hydrogen-bond donors (Lipinski definition) is 3. The zero-order chi connectivity index (χ0) is 23.4. The number of nitrogens with one attached hydrogen (secondary N) is 3. The number of hydrogen-bond acceptors (Lipinski definition) is 5. The van der Waals surface area contributed by atoms with Gasteiger partial charge in [0.1, 0.15) is 0 Å². The van der Waals surface area contributed by atoms with E-state index in [1.807, 2.05) is 6.07 Å². The lowest BCUT2D eigenvalue weighted by Gasteiger charge is -2.19. The standard InChI is InChI=1S/C22H21F3N4O2S2/c23-22(24,25)31-17-9-5-4-8-15(17)27-20(32)26-14-10-11-16-18(12-14)33-21(28-16)29-19(30)13-6-2-1-3-7-13/h4-5,8-13H,1-3,6-7H2,(H2,26,27,32)(H,28,29,30). The fourth-order valence-electron chi connectivity index (χ4n) is 3.70. The molecule has 1 heterocycles. The van der Waals surface area contributed by atoms with Gasteiger partial charge >= 0.3 is 6.36 Å². The highest BCUT2D eigenvalue weighted by Crippen LogP contribution is 2.32. The Balaban J connectivity index is 1.41. The van der Waals surface area contributed by atoms with Crippen LogP contribution in [0.3, 0.4) is 0 Å². The molecule has 2 aromatic carbocycles. The molecule has 174 valence electrons. The Morgan fingerprint density at radius 3 is 2.58 bits per heavy atom. The van der Waals surface area contributed by atoms with Crippen LogP contribution >= 0.6 is 23.6 Å². The van der Waals surface area contributed by atoms with Gasteiger partial charge in [0.25, 0.3) is 0 Å². The highest BCUT2D eigenvalue weighted by Gasteiger charge is 2.32. The minimum Gasteiger partial charge on any atom is -0.404 e. The van der Waals surface area contributed by atoms with Crippen molar-refractivity contribution in [3.05, 3.63) is 42.5 Å². The molecule has 11 heteroatoms. The Morgan fingerprint density at radius 2 is 1.82 bits per heavy atom. The summed E-state index contributed by atoms with van der Waals surface area (Å²) in [5, 5.41) is 9.23. The normalized spacial score (nSPS) is 14.6. The maximum atomic E-state index is 12.6. The Labute approximate surface area is 197 Å². The minimum absolute atomic E-state index is 0.0113. The summed E-state index contributed by atoms with van der Waals surface area (Å²) in [6, 6.07) is 11.0. The van der Waals surface area contributed by atoms with Crippen molar-refractivity contribution in [3.8, 4) is 5.75 Å². The van der Waals surface area contributed by atoms with Crippen LogP contribution < -0.4 is 20.7 Å². The average Bonchev–Trinajstić information content (AvgIpc) is 3.16. The Kier molecular flexibility index (Phi) is 6.99. The molecule has 0 aliphatic heterocycles. The molecule has 0 unspecified atom stereocenters. The molecule has 6 nitrogen and oxygen atoms in total. The zero-order valence-corrected chi connectivity index (χ0v) is 19.0. The van der Waals surface area contributed by atoms with Crippen molar-refractivity contribution in [2.45, 2.75) is 38.5 Å². The average molecular weight is 495 g/mol. The van der Waals surface area contributed by atoms with Crippen LogP contribution in [0.1, 0.15) is 32.1 Å². The summed E-state index contributed by atoms with van der Waals surface area (Å²) in [6.45, 7) is 0. The summed E-state index contributed by atoms with van der Waals surface area (Å²) in [5.74, 6) is -0.335. The largest absolute Gasteiger partial charge is 0.573 e. The van der Waals surface area contributed by atoms with Crippen LogP contribution in [0.2, 0.25) is 0 Å². The van der Waals surface area contributed by atoms with E-state index in [1.54, 1.807) is 18.2 Å². The molecular weight excluding hydrogens is 473 g/mol. The second-order valence-electron chi connectivity index (χ2n) is 7.65. The number of thiazole rings is 1. The van der Waals surface area contributed by atoms with Gasteiger partial charge in [-0.15, -0.1) is 13.2 Å². The van der Waals surface area contributed by atoms with Gasteiger partial charge in [-0.3, -0.25) is 4.79 Å². The summed E-state index contributed by atoms with van der Waals surface area (Å²) in [6.07, 6.45) is 0.340. The predicted molar refractivity (Wildman–Crippen MR) is 128 cm³/mol. The maximum Gasteiger partial charge on any atom is 0.573 e. The monoisotopic (exact) mass is 494 g/mol. The second kappa shape index (κ2) is 9.92. The third-order valence-electron chi connectivity index (χ3n) is 5.21. The van der Waals surface area contributed by atoms with E-state index in [0.717, 1.165) is 35.9 Å². The number of rotatable bonds is 5. The number of anilines is 3. The molecule has 0 saturated heterocycles. The summed E-state index contributed by atoms with van der Waals surface area (Å²) in [4.78, 5) is 17.0. The Bertz CT molecular complexity index is 1160. The molecule has 3 N–H and O–H groups in total. The predicted octanol–water partition coefficient (Wildman–Crippen LogP) is 6.52. The molecule has 1 fully saturated rings. The molecule has 0 spiro atoms. The van der Waals surface area contributed by atoms with Crippen molar-refractivity contribution in [3.63, 3.8) is 0 Å². The molecule has 1 amide bonds. The van der Waals surface area contributed by atoms with E-state index in [0.29, 0.717) is 10.8 Å². The number of nitrogens with zero attached hydrogens (tertiary/aromatic N) is 1. The van der Waals surface area contributed by atoms with Gasteiger partial charge in [-0.25, -0.2) is 4.98 Å². The SMILES string of the molecule is O=C(Nc1nc2ccc(NC(=S)Nc3ccccc3OC(F)(F)F)cc2s1)C1CCCCC1. The molecule has 0 radical (unpaired) electrons. The summed E-state index contributed by atoms with van der Waals surface area (Å²) >= 11 is 6.60. The number of fused-ring (bicyclic) bond motifs is 1. The number of para-hydroxylation sites is 2. The van der Waals surface area contributed by atoms with Gasteiger partial charge in [0.2, 0.25) is 5.91 Å². The maximum absolute atomic E-state index is 12.6. The number of carbonyl (C=O) groups is 1. The van der Waals surface area contributed by atoms with Crippen molar-refractivity contribution in [1.29, 1.82) is 0 Å². The number of alkyl halides is 3. The summed E-state index contributed by atoms with van der Waals surface area (Å²) < 4.78 is 42.7. The van der Waals surface area contributed by atoms with Gasteiger partial charge in [0.05, 0.1) is 15.9 Å². The van der Waals surface area contributed by atoms with E-state index >= 15 is 0 Å². The quantitative estimate of drug-likeness (QED) is 0.351. The highest BCUT2D eigenvalue weighted by molar-refractivity contribution is 7.80. The summed E-state index contributed by atoms with van der Waals surface area (Å²) in [5.41, 5.74) is 1.44. The number of aromatic nitrogens is 1. The second-order valence-corrected chi connectivity index (χ2v) is 9.09. The number of halogens is 3. The molecule has 1 aliphatic carbocycles. The van der Waals surface area contributed by atoms with Crippen LogP contribution in [-0.2, 0) is 4.79 Å². The molecule has 0 atom stereocenters. The van der Waals surface area contributed by atoms with Crippen molar-refractivity contribution < 1.29 is 22.7 Å². The lowest BCUT2D eigenvalue weighted by atomic mass is 9.89. The Morgan fingerprint density at radius 1 is 1.06 bits per heavy atom. The molecular formula is C22H21F3N4O2S2. The molecule has 1 saturated carbocycles. The molecule has 1 aromatic heterocycles. The van der Waals surface area contributed by atoms with Crippen LogP contribution in [0, 0.1) is 5.92 Å². The highest BCUT2D eigenvalue weighted by atomic mass is 32.1. The summed E-state index contributed by atoms with van der Waals surface area (Å²) in [7, 11) is 0. The van der Waals surface area contributed by atoms with Gasteiger partial charge in [0.15, 0.2) is 16.0 Å². The van der Waals surface area contributed by atoms with Crippen molar-refractivity contribution in [2.75, 3.05) is 16.0 Å². The van der Waals surface area contributed by atoms with Gasteiger partial charge in [-0.1, -0.05) is 42.7 Å². The van der Waals surface area contributed by atoms with Crippen LogP contribution in [0.4, 0.5) is 29.7 Å². The van der Waals surface area contributed by atoms with E-state index in [9.17, 15) is 18.0 Å². The van der Waals surface area contributed by atoms with Gasteiger partial charge in [0, 0.05) is 11.6 Å². The van der Waals surface area contributed by atoms with Crippen LogP contribution in [0.15, 0.2) is 42.5 Å². The number of thiocarbonyl (C=S) groups is 1. The number of ether oxygens (including phenoxy) is 1. The van der Waals surface area contributed by atoms with E-state index in [-0.39, 0.29) is 28.4 Å². The Hall–Kier alpha value is -2.92. The third-order valence-corrected chi connectivity index (χ3v) is 6.35. The van der Waals surface area contributed by atoms with E-state index < -0.39 is 6.36 Å². The van der Waals surface area contributed by atoms with Gasteiger partial charge < -0.3 is 20.7 Å². The topological polar surface area (TPSA) is 75.3 Å². The first-order valence-corrected chi connectivity index (χ1v) is 11.6. The number of amides is 1. The smallest absolute Gasteiger partial charge is 0.404 e. The number of benzene rings is 2.